The van der Waals surface area contributed by atoms with Gasteiger partial charge >= 0.3 is 0 Å². The second-order valence-corrected chi connectivity index (χ2v) is 7.23. The lowest BCUT2D eigenvalue weighted by atomic mass is 9.88. The number of ether oxygens (including phenoxy) is 1. The van der Waals surface area contributed by atoms with Crippen LogP contribution in [0.3, 0.4) is 0 Å². The van der Waals surface area contributed by atoms with Crippen LogP contribution in [0.5, 0.6) is 5.75 Å². The van der Waals surface area contributed by atoms with Gasteiger partial charge in [-0.3, -0.25) is 9.59 Å². The van der Waals surface area contributed by atoms with Gasteiger partial charge in [0, 0.05) is 18.9 Å². The maximum Gasteiger partial charge on any atom is 0.244 e. The number of nitrogens with zero attached hydrogens (tertiary/aromatic N) is 1. The Bertz CT molecular complexity index is 950. The summed E-state index contributed by atoms with van der Waals surface area (Å²) in [6.07, 6.45) is 0.295. The van der Waals surface area contributed by atoms with E-state index >= 15 is 0 Å². The minimum atomic E-state index is -0.254. The van der Waals surface area contributed by atoms with Gasteiger partial charge in [0.15, 0.2) is 0 Å². The van der Waals surface area contributed by atoms with Crippen LogP contribution in [-0.2, 0) is 9.59 Å². The fourth-order valence-corrected chi connectivity index (χ4v) is 3.59. The Labute approximate surface area is 183 Å². The van der Waals surface area contributed by atoms with Crippen molar-refractivity contribution in [3.05, 3.63) is 96.1 Å². The first-order chi connectivity index (χ1) is 15.1. The number of hydrogen-bond donors (Lipinski definition) is 1. The summed E-state index contributed by atoms with van der Waals surface area (Å²) < 4.78 is 5.28. The number of benzene rings is 3. The average molecular weight is 417 g/mol. The number of anilines is 1. The Morgan fingerprint density at radius 2 is 1.42 bits per heavy atom. The molecule has 0 heterocycles. The van der Waals surface area contributed by atoms with Crippen molar-refractivity contribution in [2.45, 2.75) is 19.3 Å². The molecule has 0 aliphatic carbocycles. The van der Waals surface area contributed by atoms with Gasteiger partial charge in [0.25, 0.3) is 0 Å². The number of carbonyl (C=O) groups excluding carboxylic acids is 2. The van der Waals surface area contributed by atoms with Gasteiger partial charge in [0.05, 0.1) is 19.3 Å². The zero-order valence-electron chi connectivity index (χ0n) is 18.0. The summed E-state index contributed by atoms with van der Waals surface area (Å²) in [6.45, 7) is 2.33. The maximum absolute atomic E-state index is 13.2. The van der Waals surface area contributed by atoms with E-state index in [0.717, 1.165) is 11.1 Å². The summed E-state index contributed by atoms with van der Waals surface area (Å²) in [7, 11) is 1.56. The molecule has 0 aromatic heterocycles. The predicted octanol–water partition coefficient (Wildman–Crippen LogP) is 4.70. The maximum atomic E-state index is 13.2. The molecule has 0 fully saturated rings. The third-order valence-corrected chi connectivity index (χ3v) is 5.23. The van der Waals surface area contributed by atoms with Crippen molar-refractivity contribution in [2.24, 2.45) is 0 Å². The number of hydrogen-bond acceptors (Lipinski definition) is 3. The highest BCUT2D eigenvalue weighted by atomic mass is 16.5. The molecule has 3 rings (SSSR count). The highest BCUT2D eigenvalue weighted by Gasteiger charge is 2.23. The van der Waals surface area contributed by atoms with Crippen molar-refractivity contribution in [3.63, 3.8) is 0 Å². The zero-order valence-corrected chi connectivity index (χ0v) is 18.0. The average Bonchev–Trinajstić information content (AvgIpc) is 2.82. The van der Waals surface area contributed by atoms with Crippen LogP contribution in [0, 0.1) is 0 Å². The summed E-state index contributed by atoms with van der Waals surface area (Å²) in [5.41, 5.74) is 2.75. The van der Waals surface area contributed by atoms with Gasteiger partial charge in [-0.05, 0) is 30.2 Å². The van der Waals surface area contributed by atoms with E-state index in [-0.39, 0.29) is 24.3 Å². The van der Waals surface area contributed by atoms with Crippen LogP contribution < -0.4 is 10.1 Å². The minimum Gasteiger partial charge on any atom is -0.495 e. The molecule has 31 heavy (non-hydrogen) atoms. The molecule has 5 heteroatoms. The molecule has 5 nitrogen and oxygen atoms in total. The summed E-state index contributed by atoms with van der Waals surface area (Å²) >= 11 is 0. The summed E-state index contributed by atoms with van der Waals surface area (Å²) in [5, 5.41) is 2.84. The fourth-order valence-electron chi connectivity index (χ4n) is 3.59. The van der Waals surface area contributed by atoms with Crippen molar-refractivity contribution in [3.8, 4) is 5.75 Å². The van der Waals surface area contributed by atoms with E-state index in [1.807, 2.05) is 79.7 Å². The van der Waals surface area contributed by atoms with Crippen LogP contribution in [0.2, 0.25) is 0 Å². The van der Waals surface area contributed by atoms with Crippen LogP contribution in [0.4, 0.5) is 5.69 Å². The molecular formula is C26H28N2O3. The van der Waals surface area contributed by atoms with E-state index in [1.165, 1.54) is 0 Å². The lowest BCUT2D eigenvalue weighted by molar-refractivity contribution is -0.134. The first kappa shape index (κ1) is 22.1. The van der Waals surface area contributed by atoms with Gasteiger partial charge in [-0.1, -0.05) is 72.8 Å². The largest absolute Gasteiger partial charge is 0.495 e. The molecule has 0 bridgehead atoms. The minimum absolute atomic E-state index is 0.0102. The molecule has 0 aliphatic heterocycles. The van der Waals surface area contributed by atoms with Crippen LogP contribution >= 0.6 is 0 Å². The quantitative estimate of drug-likeness (QED) is 0.550. The molecule has 3 aromatic carbocycles. The molecule has 0 unspecified atom stereocenters. The zero-order chi connectivity index (χ0) is 22.1. The second kappa shape index (κ2) is 11.0. The van der Waals surface area contributed by atoms with Gasteiger partial charge < -0.3 is 15.0 Å². The number of rotatable bonds is 9. The standard InChI is InChI=1S/C26H28N2O3/c1-3-28(19-25(29)27-23-16-10-11-17-24(23)31-2)26(30)18-22(20-12-6-4-7-13-20)21-14-8-5-9-15-21/h4-17,22H,3,18-19H2,1-2H3,(H,27,29). The third kappa shape index (κ3) is 5.95. The number of carbonyl (C=O) groups is 2. The van der Waals surface area contributed by atoms with E-state index in [9.17, 15) is 9.59 Å². The predicted molar refractivity (Wildman–Crippen MR) is 123 cm³/mol. The summed E-state index contributed by atoms with van der Waals surface area (Å²) in [4.78, 5) is 27.4. The molecular weight excluding hydrogens is 388 g/mol. The van der Waals surface area contributed by atoms with Gasteiger partial charge in [0.2, 0.25) is 11.8 Å². The van der Waals surface area contributed by atoms with Crippen molar-refractivity contribution in [1.82, 2.24) is 4.90 Å². The smallest absolute Gasteiger partial charge is 0.244 e. The van der Waals surface area contributed by atoms with Gasteiger partial charge in [-0.25, -0.2) is 0 Å². The van der Waals surface area contributed by atoms with Gasteiger partial charge in [0.1, 0.15) is 5.75 Å². The molecule has 0 saturated heterocycles. The fraction of sp³-hybridized carbons (Fsp3) is 0.231. The normalized spacial score (nSPS) is 10.5. The first-order valence-corrected chi connectivity index (χ1v) is 10.4. The van der Waals surface area contributed by atoms with Crippen LogP contribution in [0.15, 0.2) is 84.9 Å². The molecule has 2 amide bonds. The Morgan fingerprint density at radius 1 is 0.871 bits per heavy atom. The SMILES string of the molecule is CCN(CC(=O)Nc1ccccc1OC)C(=O)CC(c1ccccc1)c1ccccc1. The van der Waals surface area contributed by atoms with Crippen LogP contribution in [-0.4, -0.2) is 36.9 Å². The number of amides is 2. The number of para-hydroxylation sites is 2. The van der Waals surface area contributed by atoms with E-state index in [0.29, 0.717) is 24.4 Å². The van der Waals surface area contributed by atoms with Crippen molar-refractivity contribution >= 4 is 17.5 Å². The third-order valence-electron chi connectivity index (χ3n) is 5.23. The molecule has 0 spiro atoms. The van der Waals surface area contributed by atoms with Crippen molar-refractivity contribution in [1.29, 1.82) is 0 Å². The Balaban J connectivity index is 1.72. The molecule has 1 N–H and O–H groups in total. The number of likely N-dealkylation sites (N-methyl/N-ethyl adjacent to an activating group) is 1. The summed E-state index contributed by atoms with van der Waals surface area (Å²) in [6, 6.07) is 27.2. The molecule has 3 aromatic rings. The molecule has 160 valence electrons. The Morgan fingerprint density at radius 3 is 1.97 bits per heavy atom. The Hall–Kier alpha value is -3.60. The first-order valence-electron chi connectivity index (χ1n) is 10.4. The number of nitrogens with one attached hydrogen (secondary N) is 1. The Kier molecular flexibility index (Phi) is 7.82. The monoisotopic (exact) mass is 416 g/mol. The van der Waals surface area contributed by atoms with Crippen LogP contribution in [0.25, 0.3) is 0 Å². The molecule has 0 atom stereocenters. The van der Waals surface area contributed by atoms with E-state index < -0.39 is 0 Å². The van der Waals surface area contributed by atoms with Crippen molar-refractivity contribution < 1.29 is 14.3 Å². The second-order valence-electron chi connectivity index (χ2n) is 7.23. The van der Waals surface area contributed by atoms with E-state index in [2.05, 4.69) is 5.32 Å². The number of methoxy groups -OCH3 is 1. The van der Waals surface area contributed by atoms with Crippen LogP contribution in [0.1, 0.15) is 30.4 Å². The lowest BCUT2D eigenvalue weighted by Crippen LogP contribution is -2.38. The topological polar surface area (TPSA) is 58.6 Å². The summed E-state index contributed by atoms with van der Waals surface area (Å²) in [5.74, 6) is 0.200. The van der Waals surface area contributed by atoms with Crippen molar-refractivity contribution in [2.75, 3.05) is 25.5 Å². The van der Waals surface area contributed by atoms with E-state index in [1.54, 1.807) is 24.1 Å². The van der Waals surface area contributed by atoms with Gasteiger partial charge in [-0.2, -0.15) is 0 Å². The van der Waals surface area contributed by atoms with Gasteiger partial charge in [-0.15, -0.1) is 0 Å². The molecule has 0 aliphatic rings. The highest BCUT2D eigenvalue weighted by Crippen LogP contribution is 2.28. The highest BCUT2D eigenvalue weighted by molar-refractivity contribution is 5.95. The lowest BCUT2D eigenvalue weighted by Gasteiger charge is -2.24. The molecule has 0 saturated carbocycles. The van der Waals surface area contributed by atoms with E-state index in [4.69, 9.17) is 4.74 Å². The molecule has 0 radical (unpaired) electrons.